The summed E-state index contributed by atoms with van der Waals surface area (Å²) in [5.41, 5.74) is 1.13. The van der Waals surface area contributed by atoms with E-state index in [4.69, 9.17) is 0 Å². The Kier molecular flexibility index (Phi) is 7.85. The van der Waals surface area contributed by atoms with E-state index >= 15 is 0 Å². The highest BCUT2D eigenvalue weighted by Gasteiger charge is 2.13. The average molecular weight is 315 g/mol. The van der Waals surface area contributed by atoms with Crippen LogP contribution >= 0.6 is 0 Å². The Hall–Kier alpha value is -1.64. The molecule has 1 fully saturated rings. The molecule has 2 amide bonds. The van der Waals surface area contributed by atoms with Crippen molar-refractivity contribution in [3.05, 3.63) is 35.9 Å². The summed E-state index contributed by atoms with van der Waals surface area (Å²) in [7, 11) is 0. The number of hydrogen-bond donors (Lipinski definition) is 1. The van der Waals surface area contributed by atoms with Crippen molar-refractivity contribution < 1.29 is 9.59 Å². The molecule has 1 aliphatic rings. The van der Waals surface area contributed by atoms with Crippen LogP contribution in [-0.4, -0.2) is 11.8 Å². The van der Waals surface area contributed by atoms with Gasteiger partial charge in [-0.15, -0.1) is 0 Å². The average Bonchev–Trinajstić information content (AvgIpc) is 2.59. The second-order valence-electron chi connectivity index (χ2n) is 6.71. The largest absolute Gasteiger partial charge is 0.296 e. The predicted molar refractivity (Wildman–Crippen MR) is 93.0 cm³/mol. The predicted octanol–water partition coefficient (Wildman–Crippen LogP) is 4.40. The van der Waals surface area contributed by atoms with Crippen LogP contribution in [0.5, 0.6) is 0 Å². The molecule has 0 radical (unpaired) electrons. The summed E-state index contributed by atoms with van der Waals surface area (Å²) in [5.74, 6) is 0.595. The maximum atomic E-state index is 11.8. The Morgan fingerprint density at radius 3 is 2.35 bits per heavy atom. The van der Waals surface area contributed by atoms with Crippen molar-refractivity contribution in [1.82, 2.24) is 5.32 Å². The van der Waals surface area contributed by atoms with Gasteiger partial charge in [0.05, 0.1) is 0 Å². The number of unbranched alkanes of at least 4 members (excludes halogenated alkanes) is 1. The molecule has 126 valence electrons. The van der Waals surface area contributed by atoms with Crippen LogP contribution in [0.15, 0.2) is 30.3 Å². The molecule has 1 aromatic rings. The normalized spacial score (nSPS) is 15.3. The fourth-order valence-electron chi connectivity index (χ4n) is 3.38. The topological polar surface area (TPSA) is 46.2 Å². The van der Waals surface area contributed by atoms with Gasteiger partial charge in [0.2, 0.25) is 11.8 Å². The monoisotopic (exact) mass is 315 g/mol. The Balaban J connectivity index is 1.52. The maximum absolute atomic E-state index is 11.8. The lowest BCUT2D eigenvalue weighted by Gasteiger charge is -2.21. The maximum Gasteiger partial charge on any atom is 0.226 e. The van der Waals surface area contributed by atoms with Gasteiger partial charge in [0.1, 0.15) is 0 Å². The molecule has 0 aromatic heterocycles. The molecule has 1 aliphatic carbocycles. The van der Waals surface area contributed by atoms with Crippen molar-refractivity contribution in [2.45, 2.75) is 70.6 Å². The van der Waals surface area contributed by atoms with Crippen LogP contribution in [0, 0.1) is 5.92 Å². The summed E-state index contributed by atoms with van der Waals surface area (Å²) in [6.45, 7) is 0. The van der Waals surface area contributed by atoms with Gasteiger partial charge in [0.25, 0.3) is 0 Å². The number of imide groups is 1. The Morgan fingerprint density at radius 1 is 0.913 bits per heavy atom. The van der Waals surface area contributed by atoms with Crippen LogP contribution in [-0.2, 0) is 16.0 Å². The Bertz CT molecular complexity index is 478. The summed E-state index contributed by atoms with van der Waals surface area (Å²) in [4.78, 5) is 23.6. The third-order valence-corrected chi connectivity index (χ3v) is 4.75. The van der Waals surface area contributed by atoms with Crippen molar-refractivity contribution in [2.24, 2.45) is 5.92 Å². The first-order valence-electron chi connectivity index (χ1n) is 9.10. The van der Waals surface area contributed by atoms with Crippen LogP contribution in [0.1, 0.15) is 69.8 Å². The van der Waals surface area contributed by atoms with Crippen molar-refractivity contribution in [3.63, 3.8) is 0 Å². The van der Waals surface area contributed by atoms with E-state index in [1.807, 2.05) is 30.3 Å². The first-order valence-corrected chi connectivity index (χ1v) is 9.10. The molecule has 0 aliphatic heterocycles. The first kappa shape index (κ1) is 17.7. The molecule has 0 atom stereocenters. The van der Waals surface area contributed by atoms with Gasteiger partial charge in [-0.2, -0.15) is 0 Å². The highest BCUT2D eigenvalue weighted by Crippen LogP contribution is 2.27. The number of rotatable bonds is 8. The number of benzene rings is 1. The van der Waals surface area contributed by atoms with E-state index in [0.29, 0.717) is 19.3 Å². The van der Waals surface area contributed by atoms with Gasteiger partial charge in [-0.3, -0.25) is 14.9 Å². The van der Waals surface area contributed by atoms with Crippen LogP contribution < -0.4 is 5.32 Å². The molecule has 3 heteroatoms. The summed E-state index contributed by atoms with van der Waals surface area (Å²) in [6, 6.07) is 9.89. The first-order chi connectivity index (χ1) is 11.2. The molecule has 23 heavy (non-hydrogen) atoms. The number of carbonyl (C=O) groups is 2. The van der Waals surface area contributed by atoms with E-state index in [-0.39, 0.29) is 11.8 Å². The second-order valence-corrected chi connectivity index (χ2v) is 6.71. The molecule has 1 aromatic carbocycles. The number of aryl methyl sites for hydroxylation is 1. The van der Waals surface area contributed by atoms with Crippen LogP contribution in [0.2, 0.25) is 0 Å². The van der Waals surface area contributed by atoms with E-state index < -0.39 is 0 Å². The molecule has 0 heterocycles. The van der Waals surface area contributed by atoms with Gasteiger partial charge in [-0.25, -0.2) is 0 Å². The lowest BCUT2D eigenvalue weighted by atomic mass is 9.85. The van der Waals surface area contributed by atoms with Gasteiger partial charge >= 0.3 is 0 Å². The van der Waals surface area contributed by atoms with Gasteiger partial charge < -0.3 is 0 Å². The minimum absolute atomic E-state index is 0.119. The fraction of sp³-hybridized carbons (Fsp3) is 0.600. The SMILES string of the molecule is O=C(CCCCC1CCCCC1)NC(=O)CCc1ccccc1. The molecular formula is C20H29NO2. The van der Waals surface area contributed by atoms with Gasteiger partial charge in [-0.05, 0) is 24.3 Å². The highest BCUT2D eigenvalue weighted by molar-refractivity contribution is 5.95. The fourth-order valence-corrected chi connectivity index (χ4v) is 3.38. The molecular weight excluding hydrogens is 286 g/mol. The Labute approximate surface area is 139 Å². The summed E-state index contributed by atoms with van der Waals surface area (Å²) >= 11 is 0. The molecule has 0 unspecified atom stereocenters. The molecule has 2 rings (SSSR count). The third kappa shape index (κ3) is 7.45. The minimum atomic E-state index is -0.161. The van der Waals surface area contributed by atoms with Crippen molar-refractivity contribution in [1.29, 1.82) is 0 Å². The number of amides is 2. The van der Waals surface area contributed by atoms with Crippen LogP contribution in [0.3, 0.4) is 0 Å². The van der Waals surface area contributed by atoms with Crippen LogP contribution in [0.4, 0.5) is 0 Å². The lowest BCUT2D eigenvalue weighted by Crippen LogP contribution is -2.30. The molecule has 0 saturated heterocycles. The van der Waals surface area contributed by atoms with Crippen molar-refractivity contribution in [3.8, 4) is 0 Å². The van der Waals surface area contributed by atoms with E-state index in [0.717, 1.165) is 24.3 Å². The van der Waals surface area contributed by atoms with E-state index in [1.54, 1.807) is 0 Å². The van der Waals surface area contributed by atoms with Crippen LogP contribution in [0.25, 0.3) is 0 Å². The standard InChI is InChI=1S/C20H29NO2/c22-19(14-8-7-13-17-9-3-1-4-10-17)21-20(23)16-15-18-11-5-2-6-12-18/h2,5-6,11-12,17H,1,3-4,7-10,13-16H2,(H,21,22,23). The summed E-state index contributed by atoms with van der Waals surface area (Å²) in [6.07, 6.45) is 11.7. The smallest absolute Gasteiger partial charge is 0.226 e. The van der Waals surface area contributed by atoms with E-state index in [1.165, 1.54) is 38.5 Å². The molecule has 3 nitrogen and oxygen atoms in total. The second kappa shape index (κ2) is 10.2. The van der Waals surface area contributed by atoms with E-state index in [9.17, 15) is 9.59 Å². The molecule has 1 N–H and O–H groups in total. The summed E-state index contributed by atoms with van der Waals surface area (Å²) < 4.78 is 0. The number of carbonyl (C=O) groups excluding carboxylic acids is 2. The Morgan fingerprint density at radius 2 is 1.61 bits per heavy atom. The van der Waals surface area contributed by atoms with E-state index in [2.05, 4.69) is 5.32 Å². The number of nitrogens with one attached hydrogen (secondary N) is 1. The zero-order valence-electron chi connectivity index (χ0n) is 14.1. The number of hydrogen-bond acceptors (Lipinski definition) is 2. The zero-order chi connectivity index (χ0) is 16.3. The van der Waals surface area contributed by atoms with Gasteiger partial charge in [0, 0.05) is 12.8 Å². The third-order valence-electron chi connectivity index (χ3n) is 4.75. The molecule has 1 saturated carbocycles. The quantitative estimate of drug-likeness (QED) is 0.723. The summed E-state index contributed by atoms with van der Waals surface area (Å²) in [5, 5.41) is 2.51. The molecule has 0 bridgehead atoms. The molecule has 0 spiro atoms. The van der Waals surface area contributed by atoms with Crippen molar-refractivity contribution >= 4 is 11.8 Å². The minimum Gasteiger partial charge on any atom is -0.296 e. The van der Waals surface area contributed by atoms with Gasteiger partial charge in [0.15, 0.2) is 0 Å². The highest BCUT2D eigenvalue weighted by atomic mass is 16.2. The van der Waals surface area contributed by atoms with Crippen molar-refractivity contribution in [2.75, 3.05) is 0 Å². The van der Waals surface area contributed by atoms with Gasteiger partial charge in [-0.1, -0.05) is 75.3 Å². The lowest BCUT2D eigenvalue weighted by molar-refractivity contribution is -0.130. The zero-order valence-corrected chi connectivity index (χ0v) is 14.1.